The highest BCUT2D eigenvalue weighted by Gasteiger charge is 2.23. The molecule has 160 valence electrons. The summed E-state index contributed by atoms with van der Waals surface area (Å²) in [4.78, 5) is 41.1. The number of H-pyrrole nitrogens is 1. The van der Waals surface area contributed by atoms with E-state index in [9.17, 15) is 14.0 Å². The van der Waals surface area contributed by atoms with E-state index in [2.05, 4.69) is 25.3 Å². The van der Waals surface area contributed by atoms with Crippen LogP contribution in [-0.2, 0) is 0 Å². The van der Waals surface area contributed by atoms with Gasteiger partial charge in [0, 0.05) is 24.7 Å². The standard InChI is InChI=1S/C20H21FN8O2/c21-13-6-2-1-5-12(13)14-8-24-17(23)16(26-14)19(30)27-18-15(9-25-20(31)28-18)29-7-3-4-11(22)10-29/h1-2,5-6,8-9,11H,3-4,7,10,22H2,(H2,23,24)(H2,25,27,28,30,31). The number of carbonyl (C=O) groups excluding carboxylic acids is 1. The number of aromatic nitrogens is 4. The van der Waals surface area contributed by atoms with Crippen molar-refractivity contribution >= 4 is 23.2 Å². The van der Waals surface area contributed by atoms with Crippen molar-refractivity contribution in [1.82, 2.24) is 19.9 Å². The molecule has 1 amide bonds. The van der Waals surface area contributed by atoms with E-state index < -0.39 is 17.4 Å². The Kier molecular flexibility index (Phi) is 5.58. The van der Waals surface area contributed by atoms with Crippen LogP contribution in [0, 0.1) is 5.82 Å². The fourth-order valence-corrected chi connectivity index (χ4v) is 3.49. The predicted octanol–water partition coefficient (Wildman–Crippen LogP) is 1.13. The molecule has 1 aromatic carbocycles. The summed E-state index contributed by atoms with van der Waals surface area (Å²) < 4.78 is 14.1. The van der Waals surface area contributed by atoms with Crippen molar-refractivity contribution in [2.24, 2.45) is 5.73 Å². The van der Waals surface area contributed by atoms with E-state index in [4.69, 9.17) is 11.5 Å². The van der Waals surface area contributed by atoms with E-state index in [0.29, 0.717) is 18.8 Å². The average molecular weight is 424 g/mol. The van der Waals surface area contributed by atoms with Gasteiger partial charge in [0.1, 0.15) is 11.6 Å². The number of halogens is 1. The lowest BCUT2D eigenvalue weighted by atomic mass is 10.1. The van der Waals surface area contributed by atoms with Crippen LogP contribution >= 0.6 is 0 Å². The number of benzene rings is 1. The molecule has 11 heteroatoms. The number of hydrogen-bond donors (Lipinski definition) is 4. The maximum absolute atomic E-state index is 14.1. The van der Waals surface area contributed by atoms with Crippen molar-refractivity contribution in [2.45, 2.75) is 18.9 Å². The summed E-state index contributed by atoms with van der Waals surface area (Å²) in [6.07, 6.45) is 4.44. The second kappa shape index (κ2) is 8.48. The molecule has 1 aliphatic heterocycles. The number of amides is 1. The van der Waals surface area contributed by atoms with Crippen LogP contribution in [0.3, 0.4) is 0 Å². The fraction of sp³-hybridized carbons (Fsp3) is 0.250. The number of nitrogens with one attached hydrogen (secondary N) is 2. The first-order valence-corrected chi connectivity index (χ1v) is 9.71. The van der Waals surface area contributed by atoms with E-state index in [-0.39, 0.29) is 34.6 Å². The van der Waals surface area contributed by atoms with Gasteiger partial charge in [0.2, 0.25) is 0 Å². The SMILES string of the molecule is Nc1ncc(-c2ccccc2F)nc1C(=O)Nc1[nH]c(=O)ncc1N1CCCC(N)C1. The van der Waals surface area contributed by atoms with Crippen LogP contribution < -0.4 is 27.4 Å². The molecule has 4 rings (SSSR count). The van der Waals surface area contributed by atoms with E-state index in [0.717, 1.165) is 12.8 Å². The number of piperidine rings is 1. The lowest BCUT2D eigenvalue weighted by Crippen LogP contribution is -2.43. The van der Waals surface area contributed by atoms with Crippen LogP contribution in [0.5, 0.6) is 0 Å². The molecule has 31 heavy (non-hydrogen) atoms. The molecule has 1 aliphatic rings. The Morgan fingerprint density at radius 1 is 1.26 bits per heavy atom. The van der Waals surface area contributed by atoms with Gasteiger partial charge in [-0.15, -0.1) is 0 Å². The first kappa shape index (κ1) is 20.4. The third-order valence-electron chi connectivity index (χ3n) is 4.99. The predicted molar refractivity (Wildman–Crippen MR) is 114 cm³/mol. The van der Waals surface area contributed by atoms with Crippen LogP contribution in [0.15, 0.2) is 41.5 Å². The van der Waals surface area contributed by atoms with Gasteiger partial charge in [-0.25, -0.2) is 19.2 Å². The minimum atomic E-state index is -0.701. The number of nitrogen functional groups attached to an aromatic ring is 1. The molecule has 6 N–H and O–H groups in total. The van der Waals surface area contributed by atoms with E-state index in [1.54, 1.807) is 12.1 Å². The first-order valence-electron chi connectivity index (χ1n) is 9.71. The quantitative estimate of drug-likeness (QED) is 0.486. The molecule has 0 saturated carbocycles. The fourth-order valence-electron chi connectivity index (χ4n) is 3.49. The second-order valence-corrected chi connectivity index (χ2v) is 7.22. The largest absolute Gasteiger partial charge is 0.382 e. The molecule has 1 fully saturated rings. The van der Waals surface area contributed by atoms with Crippen LogP contribution in [0.25, 0.3) is 11.3 Å². The summed E-state index contributed by atoms with van der Waals surface area (Å²) in [5.74, 6) is -1.19. The Balaban J connectivity index is 1.66. The summed E-state index contributed by atoms with van der Waals surface area (Å²) in [7, 11) is 0. The molecule has 0 spiro atoms. The van der Waals surface area contributed by atoms with Gasteiger partial charge in [0.25, 0.3) is 5.91 Å². The Morgan fingerprint density at radius 2 is 2.06 bits per heavy atom. The third-order valence-corrected chi connectivity index (χ3v) is 4.99. The lowest BCUT2D eigenvalue weighted by Gasteiger charge is -2.33. The minimum absolute atomic E-state index is 0.0248. The van der Waals surface area contributed by atoms with Crippen molar-refractivity contribution in [3.05, 3.63) is 58.7 Å². The highest BCUT2D eigenvalue weighted by Crippen LogP contribution is 2.26. The number of aromatic amines is 1. The number of hydrogen-bond acceptors (Lipinski definition) is 8. The molecule has 2 aromatic heterocycles. The van der Waals surface area contributed by atoms with Gasteiger partial charge in [0.15, 0.2) is 11.5 Å². The summed E-state index contributed by atoms with van der Waals surface area (Å²) in [6, 6.07) is 5.97. The number of nitrogens with zero attached hydrogens (tertiary/aromatic N) is 4. The van der Waals surface area contributed by atoms with Crippen molar-refractivity contribution in [3.8, 4) is 11.3 Å². The van der Waals surface area contributed by atoms with Gasteiger partial charge >= 0.3 is 5.69 Å². The molecule has 3 aromatic rings. The number of rotatable bonds is 4. The van der Waals surface area contributed by atoms with Gasteiger partial charge in [-0.2, -0.15) is 4.98 Å². The summed E-state index contributed by atoms with van der Waals surface area (Å²) >= 11 is 0. The molecule has 0 aliphatic carbocycles. The van der Waals surface area contributed by atoms with Crippen molar-refractivity contribution in [1.29, 1.82) is 0 Å². The maximum atomic E-state index is 14.1. The molecular weight excluding hydrogens is 403 g/mol. The number of anilines is 3. The molecular formula is C20H21FN8O2. The van der Waals surface area contributed by atoms with Gasteiger partial charge in [-0.3, -0.25) is 9.78 Å². The van der Waals surface area contributed by atoms with Gasteiger partial charge in [-0.1, -0.05) is 12.1 Å². The molecule has 1 unspecified atom stereocenters. The Labute approximate surface area is 176 Å². The summed E-state index contributed by atoms with van der Waals surface area (Å²) in [6.45, 7) is 1.26. The van der Waals surface area contributed by atoms with Crippen LogP contribution in [0.1, 0.15) is 23.3 Å². The van der Waals surface area contributed by atoms with E-state index >= 15 is 0 Å². The van der Waals surface area contributed by atoms with Crippen molar-refractivity contribution < 1.29 is 9.18 Å². The number of carbonyl (C=O) groups is 1. The third kappa shape index (κ3) is 4.36. The molecule has 0 bridgehead atoms. The second-order valence-electron chi connectivity index (χ2n) is 7.22. The zero-order valence-corrected chi connectivity index (χ0v) is 16.5. The molecule has 0 radical (unpaired) electrons. The molecule has 3 heterocycles. The Bertz CT molecular complexity index is 1180. The van der Waals surface area contributed by atoms with Crippen LogP contribution in [0.2, 0.25) is 0 Å². The van der Waals surface area contributed by atoms with Gasteiger partial charge in [0.05, 0.1) is 23.8 Å². The Morgan fingerprint density at radius 3 is 2.84 bits per heavy atom. The summed E-state index contributed by atoms with van der Waals surface area (Å²) in [5.41, 5.74) is 11.9. The maximum Gasteiger partial charge on any atom is 0.346 e. The van der Waals surface area contributed by atoms with E-state index in [1.807, 2.05) is 4.90 Å². The minimum Gasteiger partial charge on any atom is -0.382 e. The molecule has 1 saturated heterocycles. The van der Waals surface area contributed by atoms with Crippen LogP contribution in [0.4, 0.5) is 21.7 Å². The summed E-state index contributed by atoms with van der Waals surface area (Å²) in [5, 5.41) is 2.62. The van der Waals surface area contributed by atoms with Gasteiger partial charge < -0.3 is 21.7 Å². The van der Waals surface area contributed by atoms with Crippen LogP contribution in [-0.4, -0.2) is 45.0 Å². The first-order chi connectivity index (χ1) is 14.9. The zero-order valence-electron chi connectivity index (χ0n) is 16.5. The lowest BCUT2D eigenvalue weighted by molar-refractivity contribution is 0.102. The highest BCUT2D eigenvalue weighted by atomic mass is 19.1. The topological polar surface area (TPSA) is 156 Å². The van der Waals surface area contributed by atoms with Gasteiger partial charge in [-0.05, 0) is 25.0 Å². The van der Waals surface area contributed by atoms with Crippen molar-refractivity contribution in [3.63, 3.8) is 0 Å². The zero-order chi connectivity index (χ0) is 22.0. The monoisotopic (exact) mass is 424 g/mol. The molecule has 1 atom stereocenters. The normalized spacial score (nSPS) is 16.2. The Hall–Kier alpha value is -3.86. The van der Waals surface area contributed by atoms with Crippen molar-refractivity contribution in [2.75, 3.05) is 29.0 Å². The molecule has 10 nitrogen and oxygen atoms in total. The average Bonchev–Trinajstić information content (AvgIpc) is 2.74. The highest BCUT2D eigenvalue weighted by molar-refractivity contribution is 6.06. The van der Waals surface area contributed by atoms with E-state index in [1.165, 1.54) is 24.5 Å². The number of nitrogens with two attached hydrogens (primary N) is 2. The smallest absolute Gasteiger partial charge is 0.346 e.